The molecule has 1 aliphatic heterocycles. The highest BCUT2D eigenvalue weighted by atomic mass is 127. The van der Waals surface area contributed by atoms with Crippen LogP contribution in [0.15, 0.2) is 42.5 Å². The van der Waals surface area contributed by atoms with Crippen molar-refractivity contribution in [1.29, 1.82) is 0 Å². The molecule has 9 heteroatoms. The standard InChI is InChI=1S/C26H39IO7Si/c1-2-9-25(27)35-33-18-24-22(30)16-21(29)23(34-24)15-14-20(28)12-7-4-8-13-26(31)32-17-19-10-5-3-6-11-19/h3,5-6,8,10-11,13,21-25,29-30H,2,4,7,9,12,14-18,35H2,1H3/b13-8+. The average molecular weight is 619 g/mol. The van der Waals surface area contributed by atoms with Gasteiger partial charge in [0.2, 0.25) is 0 Å². The van der Waals surface area contributed by atoms with Gasteiger partial charge in [-0.05, 0) is 31.2 Å². The normalized spacial score (nSPS) is 23.7. The van der Waals surface area contributed by atoms with Gasteiger partial charge in [0.05, 0.1) is 24.9 Å². The van der Waals surface area contributed by atoms with E-state index in [2.05, 4.69) is 29.5 Å². The van der Waals surface area contributed by atoms with Gasteiger partial charge >= 0.3 is 5.97 Å². The number of benzene rings is 1. The molecule has 7 nitrogen and oxygen atoms in total. The predicted molar refractivity (Wildman–Crippen MR) is 146 cm³/mol. The number of carbonyl (C=O) groups excluding carboxylic acids is 2. The molecule has 0 aromatic heterocycles. The molecule has 1 aromatic carbocycles. The maximum Gasteiger partial charge on any atom is 0.330 e. The number of halogens is 1. The van der Waals surface area contributed by atoms with Gasteiger partial charge in [-0.3, -0.25) is 4.79 Å². The summed E-state index contributed by atoms with van der Waals surface area (Å²) in [5.74, 6) is -0.300. The topological polar surface area (TPSA) is 102 Å². The second-order valence-corrected chi connectivity index (χ2v) is 14.1. The first kappa shape index (κ1) is 30.1. The Hall–Kier alpha value is -1.11. The van der Waals surface area contributed by atoms with E-state index in [1.165, 1.54) is 6.08 Å². The van der Waals surface area contributed by atoms with Gasteiger partial charge in [0.15, 0.2) is 9.76 Å². The molecule has 1 aliphatic rings. The Morgan fingerprint density at radius 3 is 2.69 bits per heavy atom. The van der Waals surface area contributed by atoms with E-state index in [9.17, 15) is 19.8 Å². The summed E-state index contributed by atoms with van der Waals surface area (Å²) in [7, 11) is -0.688. The summed E-state index contributed by atoms with van der Waals surface area (Å²) in [6.45, 7) is 2.73. The van der Waals surface area contributed by atoms with Crippen molar-refractivity contribution in [3.8, 4) is 0 Å². The summed E-state index contributed by atoms with van der Waals surface area (Å²) in [6, 6.07) is 9.48. The van der Waals surface area contributed by atoms with Crippen LogP contribution in [0.1, 0.15) is 63.9 Å². The van der Waals surface area contributed by atoms with Crippen molar-refractivity contribution in [2.75, 3.05) is 6.61 Å². The Balaban J connectivity index is 1.60. The van der Waals surface area contributed by atoms with E-state index < -0.39 is 40.1 Å². The molecule has 5 unspecified atom stereocenters. The zero-order valence-corrected chi connectivity index (χ0v) is 24.1. The van der Waals surface area contributed by atoms with Crippen LogP contribution >= 0.6 is 22.6 Å². The number of carbonyl (C=O) groups is 2. The number of aliphatic hydroxyl groups excluding tert-OH is 2. The van der Waals surface area contributed by atoms with E-state index in [1.54, 1.807) is 6.08 Å². The Morgan fingerprint density at radius 1 is 1.20 bits per heavy atom. The first-order valence-corrected chi connectivity index (χ1v) is 15.1. The zero-order valence-electron chi connectivity index (χ0n) is 20.5. The zero-order chi connectivity index (χ0) is 25.5. The highest BCUT2D eigenvalue weighted by Gasteiger charge is 2.36. The number of esters is 1. The van der Waals surface area contributed by atoms with Crippen molar-refractivity contribution in [1.82, 2.24) is 0 Å². The summed E-state index contributed by atoms with van der Waals surface area (Å²) >= 11 is 2.42. The first-order valence-electron chi connectivity index (χ1n) is 12.5. The molecule has 0 spiro atoms. The van der Waals surface area contributed by atoms with Gasteiger partial charge in [0.25, 0.3) is 0 Å². The third kappa shape index (κ3) is 12.6. The molecule has 2 N–H and O–H groups in total. The van der Waals surface area contributed by atoms with Gasteiger partial charge in [-0.2, -0.15) is 0 Å². The lowest BCUT2D eigenvalue weighted by Gasteiger charge is -2.37. The SMILES string of the molecule is CCCC(I)[SiH2]OCC1OC(CCC(=O)CCC/C=C/C(=O)OCc2ccccc2)C(O)CC1O. The Bertz CT molecular complexity index is 776. The smallest absolute Gasteiger partial charge is 0.330 e. The van der Waals surface area contributed by atoms with Gasteiger partial charge < -0.3 is 24.1 Å². The molecule has 196 valence electrons. The van der Waals surface area contributed by atoms with Crippen LogP contribution in [0.4, 0.5) is 0 Å². The Labute approximate surface area is 224 Å². The number of allylic oxidation sites excluding steroid dienone is 1. The van der Waals surface area contributed by atoms with Gasteiger partial charge in [-0.1, -0.05) is 72.3 Å². The van der Waals surface area contributed by atoms with E-state index >= 15 is 0 Å². The molecule has 1 fully saturated rings. The monoisotopic (exact) mass is 618 g/mol. The lowest BCUT2D eigenvalue weighted by Crippen LogP contribution is -2.49. The van der Waals surface area contributed by atoms with Crippen LogP contribution in [0.2, 0.25) is 0 Å². The molecular formula is C26H39IO7Si. The molecule has 1 saturated heterocycles. The summed E-state index contributed by atoms with van der Waals surface area (Å²) in [6.07, 6.45) is 5.57. The molecule has 5 atom stereocenters. The molecule has 0 radical (unpaired) electrons. The predicted octanol–water partition coefficient (Wildman–Crippen LogP) is 3.35. The molecule has 2 rings (SSSR count). The van der Waals surface area contributed by atoms with Crippen molar-refractivity contribution in [2.24, 2.45) is 0 Å². The van der Waals surface area contributed by atoms with Crippen LogP contribution in [0.5, 0.6) is 0 Å². The number of alkyl halides is 1. The Morgan fingerprint density at radius 2 is 1.94 bits per heavy atom. The summed E-state index contributed by atoms with van der Waals surface area (Å²) in [5, 5.41) is 20.5. The summed E-state index contributed by atoms with van der Waals surface area (Å²) < 4.78 is 17.5. The van der Waals surface area contributed by atoms with Crippen molar-refractivity contribution >= 4 is 44.1 Å². The molecular weight excluding hydrogens is 579 g/mol. The largest absolute Gasteiger partial charge is 0.458 e. The number of Topliss-reactive ketones (excluding diaryl/α,β-unsaturated/α-hetero) is 1. The van der Waals surface area contributed by atoms with Crippen LogP contribution in [-0.2, 0) is 30.1 Å². The van der Waals surface area contributed by atoms with Gasteiger partial charge in [0.1, 0.15) is 18.5 Å². The van der Waals surface area contributed by atoms with Crippen molar-refractivity contribution in [3.05, 3.63) is 48.0 Å². The fourth-order valence-corrected chi connectivity index (χ4v) is 6.46. The van der Waals surface area contributed by atoms with Crippen molar-refractivity contribution < 1.29 is 33.7 Å². The highest BCUT2D eigenvalue weighted by Crippen LogP contribution is 2.24. The number of ketones is 1. The maximum atomic E-state index is 12.3. The number of unbranched alkanes of at least 4 members (excludes halogenated alkanes) is 1. The van der Waals surface area contributed by atoms with Crippen LogP contribution in [0.25, 0.3) is 0 Å². The number of hydrogen-bond donors (Lipinski definition) is 2. The van der Waals surface area contributed by atoms with Crippen LogP contribution in [0.3, 0.4) is 0 Å². The van der Waals surface area contributed by atoms with E-state index in [0.717, 1.165) is 18.4 Å². The minimum atomic E-state index is -0.784. The first-order chi connectivity index (χ1) is 16.9. The number of rotatable bonds is 16. The van der Waals surface area contributed by atoms with E-state index in [-0.39, 0.29) is 18.8 Å². The van der Waals surface area contributed by atoms with Gasteiger partial charge in [-0.25, -0.2) is 4.79 Å². The number of ether oxygens (including phenoxy) is 2. The van der Waals surface area contributed by atoms with Gasteiger partial charge in [-0.15, -0.1) is 0 Å². The second kappa shape index (κ2) is 17.4. The molecule has 1 heterocycles. The number of aliphatic hydroxyl groups is 2. The quantitative estimate of drug-likeness (QED) is 0.0732. The lowest BCUT2D eigenvalue weighted by atomic mass is 9.94. The summed E-state index contributed by atoms with van der Waals surface area (Å²) in [4.78, 5) is 24.0. The third-order valence-corrected chi connectivity index (χ3v) is 8.83. The molecule has 1 aromatic rings. The minimum absolute atomic E-state index is 0.0968. The van der Waals surface area contributed by atoms with Crippen molar-refractivity contribution in [2.45, 2.75) is 92.9 Å². The van der Waals surface area contributed by atoms with Crippen LogP contribution in [0, 0.1) is 0 Å². The molecule has 0 aliphatic carbocycles. The summed E-state index contributed by atoms with van der Waals surface area (Å²) in [5.41, 5.74) is 0.934. The molecule has 35 heavy (non-hydrogen) atoms. The van der Waals surface area contributed by atoms with Crippen LogP contribution in [-0.4, -0.2) is 66.3 Å². The molecule has 0 saturated carbocycles. The average Bonchev–Trinajstić information content (AvgIpc) is 2.84. The van der Waals surface area contributed by atoms with E-state index in [4.69, 9.17) is 13.9 Å². The Kier molecular flexibility index (Phi) is 14.9. The molecule has 0 amide bonds. The fourth-order valence-electron chi connectivity index (χ4n) is 3.88. The van der Waals surface area contributed by atoms with E-state index in [0.29, 0.717) is 42.3 Å². The molecule has 0 bridgehead atoms. The highest BCUT2D eigenvalue weighted by molar-refractivity contribution is 14.1. The second-order valence-electron chi connectivity index (χ2n) is 8.97. The number of hydrogen-bond acceptors (Lipinski definition) is 7. The van der Waals surface area contributed by atoms with Gasteiger partial charge in [0, 0.05) is 28.9 Å². The third-order valence-electron chi connectivity index (χ3n) is 5.89. The van der Waals surface area contributed by atoms with Crippen LogP contribution < -0.4 is 0 Å². The lowest BCUT2D eigenvalue weighted by molar-refractivity contribution is -0.179. The fraction of sp³-hybridized carbons (Fsp3) is 0.615. The van der Waals surface area contributed by atoms with E-state index in [1.807, 2.05) is 30.3 Å². The maximum absolute atomic E-state index is 12.3. The van der Waals surface area contributed by atoms with Crippen molar-refractivity contribution in [3.63, 3.8) is 0 Å². The minimum Gasteiger partial charge on any atom is -0.458 e.